The molecule has 0 aromatic carbocycles. The minimum absolute atomic E-state index is 0.00560. The number of alkyl halides is 1. The highest BCUT2D eigenvalue weighted by atomic mass is 19.1. The molecule has 4 heteroatoms. The predicted octanol–water partition coefficient (Wildman–Crippen LogP) is 3.07. The SMILES string of the molecule is CCO[C@@H]1OC2([C@@H]3CC4C[C@H]2CC(F)(C4)C3)[C@H]1OCC. The van der Waals surface area contributed by atoms with Gasteiger partial charge in [0.15, 0.2) is 6.29 Å². The number of halogens is 1. The van der Waals surface area contributed by atoms with Crippen molar-refractivity contribution in [3.05, 3.63) is 0 Å². The molecule has 1 saturated heterocycles. The molecule has 3 unspecified atom stereocenters. The Morgan fingerprint density at radius 1 is 1.05 bits per heavy atom. The molecular weight excluding hydrogens is 259 g/mol. The van der Waals surface area contributed by atoms with Gasteiger partial charge >= 0.3 is 0 Å². The van der Waals surface area contributed by atoms with Crippen LogP contribution in [0.5, 0.6) is 0 Å². The van der Waals surface area contributed by atoms with Gasteiger partial charge in [0.05, 0.1) is 0 Å². The van der Waals surface area contributed by atoms with Crippen molar-refractivity contribution in [2.24, 2.45) is 17.8 Å². The minimum atomic E-state index is -0.918. The van der Waals surface area contributed by atoms with E-state index in [4.69, 9.17) is 14.2 Å². The Morgan fingerprint density at radius 3 is 2.25 bits per heavy atom. The molecular formula is C16H25FO3. The number of hydrogen-bond acceptors (Lipinski definition) is 3. The predicted molar refractivity (Wildman–Crippen MR) is 72.0 cm³/mol. The van der Waals surface area contributed by atoms with Crippen molar-refractivity contribution in [1.29, 1.82) is 0 Å². The third kappa shape index (κ3) is 1.62. The summed E-state index contributed by atoms with van der Waals surface area (Å²) in [5.41, 5.74) is -1.17. The van der Waals surface area contributed by atoms with E-state index in [2.05, 4.69) is 0 Å². The second kappa shape index (κ2) is 4.40. The molecule has 4 saturated carbocycles. The minimum Gasteiger partial charge on any atom is -0.370 e. The van der Waals surface area contributed by atoms with Crippen molar-refractivity contribution in [2.75, 3.05) is 13.2 Å². The lowest BCUT2D eigenvalue weighted by atomic mass is 9.46. The van der Waals surface area contributed by atoms with E-state index in [1.165, 1.54) is 0 Å². The van der Waals surface area contributed by atoms with Crippen molar-refractivity contribution in [3.63, 3.8) is 0 Å². The summed E-state index contributed by atoms with van der Waals surface area (Å²) in [6, 6.07) is 0. The van der Waals surface area contributed by atoms with Crippen LogP contribution in [-0.2, 0) is 14.2 Å². The molecule has 0 amide bonds. The summed E-state index contributed by atoms with van der Waals surface area (Å²) in [6.45, 7) is 5.30. The highest BCUT2D eigenvalue weighted by Gasteiger charge is 2.72. The topological polar surface area (TPSA) is 27.7 Å². The quantitative estimate of drug-likeness (QED) is 0.794. The zero-order chi connectivity index (χ0) is 14.0. The smallest absolute Gasteiger partial charge is 0.187 e. The van der Waals surface area contributed by atoms with Gasteiger partial charge in [0.2, 0.25) is 0 Å². The monoisotopic (exact) mass is 284 g/mol. The van der Waals surface area contributed by atoms with E-state index in [0.717, 1.165) is 19.3 Å². The number of hydrogen-bond donors (Lipinski definition) is 0. The molecule has 4 aliphatic carbocycles. The van der Waals surface area contributed by atoms with Gasteiger partial charge in [-0.15, -0.1) is 0 Å². The van der Waals surface area contributed by atoms with Crippen molar-refractivity contribution >= 4 is 0 Å². The third-order valence-electron chi connectivity index (χ3n) is 6.08. The van der Waals surface area contributed by atoms with E-state index in [1.54, 1.807) is 0 Å². The van der Waals surface area contributed by atoms with Crippen molar-refractivity contribution in [3.8, 4) is 0 Å². The molecule has 3 nitrogen and oxygen atoms in total. The molecule has 5 fully saturated rings. The van der Waals surface area contributed by atoms with E-state index >= 15 is 0 Å². The maximum absolute atomic E-state index is 14.8. The largest absolute Gasteiger partial charge is 0.370 e. The van der Waals surface area contributed by atoms with Crippen LogP contribution in [0.1, 0.15) is 46.0 Å². The van der Waals surface area contributed by atoms with Crippen molar-refractivity contribution < 1.29 is 18.6 Å². The zero-order valence-corrected chi connectivity index (χ0v) is 12.4. The molecule has 0 radical (unpaired) electrons. The van der Waals surface area contributed by atoms with E-state index in [9.17, 15) is 4.39 Å². The van der Waals surface area contributed by atoms with Crippen LogP contribution in [0, 0.1) is 17.8 Å². The Balaban J connectivity index is 1.61. The summed E-state index contributed by atoms with van der Waals surface area (Å²) in [6.07, 6.45) is 4.11. The Bertz CT molecular complexity index is 383. The third-order valence-corrected chi connectivity index (χ3v) is 6.08. The van der Waals surface area contributed by atoms with Crippen LogP contribution in [0.15, 0.2) is 0 Å². The van der Waals surface area contributed by atoms with Crippen LogP contribution in [0.3, 0.4) is 0 Å². The van der Waals surface area contributed by atoms with Gasteiger partial charge < -0.3 is 14.2 Å². The summed E-state index contributed by atoms with van der Waals surface area (Å²) in [5.74, 6) is 1.22. The average Bonchev–Trinajstić information content (AvgIpc) is 2.37. The van der Waals surface area contributed by atoms with Crippen LogP contribution in [-0.4, -0.2) is 36.9 Å². The Morgan fingerprint density at radius 2 is 1.70 bits per heavy atom. The summed E-state index contributed by atoms with van der Waals surface area (Å²) in [5, 5.41) is 0. The Hall–Kier alpha value is -0.190. The molecule has 20 heavy (non-hydrogen) atoms. The van der Waals surface area contributed by atoms with Gasteiger partial charge in [0.25, 0.3) is 0 Å². The van der Waals surface area contributed by atoms with Gasteiger partial charge in [-0.05, 0) is 63.7 Å². The lowest BCUT2D eigenvalue weighted by Gasteiger charge is -2.69. The lowest BCUT2D eigenvalue weighted by molar-refractivity contribution is -0.432. The molecule has 1 spiro atoms. The first-order valence-electron chi connectivity index (χ1n) is 8.21. The van der Waals surface area contributed by atoms with Gasteiger partial charge in [-0.3, -0.25) is 0 Å². The van der Waals surface area contributed by atoms with Crippen molar-refractivity contribution in [2.45, 2.75) is 69.6 Å². The highest BCUT2D eigenvalue weighted by Crippen LogP contribution is 2.66. The standard InChI is InChI=1S/C16H25FO3/c1-3-18-13-14(19-4-2)20-16(13)11-5-10-6-12(16)9-15(17,7-10)8-11/h10-14H,3-9H2,1-2H3/t10?,11-,12+,13-,14+,15?,16?/m0/s1. The van der Waals surface area contributed by atoms with Crippen LogP contribution in [0.2, 0.25) is 0 Å². The molecule has 0 aromatic heterocycles. The van der Waals surface area contributed by atoms with E-state index in [-0.39, 0.29) is 18.0 Å². The highest BCUT2D eigenvalue weighted by molar-refractivity contribution is 5.19. The summed E-state index contributed by atoms with van der Waals surface area (Å²) >= 11 is 0. The fraction of sp³-hybridized carbons (Fsp3) is 1.00. The van der Waals surface area contributed by atoms with Crippen LogP contribution < -0.4 is 0 Å². The molecule has 1 aliphatic heterocycles. The molecule has 5 aliphatic rings. The second-order valence-corrected chi connectivity index (χ2v) is 7.17. The number of ether oxygens (including phenoxy) is 3. The van der Waals surface area contributed by atoms with Gasteiger partial charge in [-0.25, -0.2) is 4.39 Å². The van der Waals surface area contributed by atoms with Gasteiger partial charge in [-0.1, -0.05) is 0 Å². The summed E-state index contributed by atoms with van der Waals surface area (Å²) < 4.78 is 32.7. The summed E-state index contributed by atoms with van der Waals surface area (Å²) in [7, 11) is 0. The first kappa shape index (κ1) is 13.5. The van der Waals surface area contributed by atoms with Crippen LogP contribution in [0.4, 0.5) is 4.39 Å². The van der Waals surface area contributed by atoms with Gasteiger partial charge in [0.1, 0.15) is 17.4 Å². The molecule has 114 valence electrons. The zero-order valence-electron chi connectivity index (χ0n) is 12.4. The first-order valence-corrected chi connectivity index (χ1v) is 8.21. The fourth-order valence-electron chi connectivity index (χ4n) is 5.71. The molecule has 0 N–H and O–H groups in total. The second-order valence-electron chi connectivity index (χ2n) is 7.17. The Labute approximate surface area is 120 Å². The number of rotatable bonds is 4. The average molecular weight is 284 g/mol. The van der Waals surface area contributed by atoms with E-state index < -0.39 is 5.67 Å². The molecule has 5 rings (SSSR count). The van der Waals surface area contributed by atoms with Crippen LogP contribution in [0.25, 0.3) is 0 Å². The van der Waals surface area contributed by atoms with Crippen LogP contribution >= 0.6 is 0 Å². The lowest BCUT2D eigenvalue weighted by Crippen LogP contribution is -2.78. The van der Waals surface area contributed by atoms with E-state index in [0.29, 0.717) is 43.8 Å². The molecule has 0 aromatic rings. The molecule has 7 atom stereocenters. The van der Waals surface area contributed by atoms with E-state index in [1.807, 2.05) is 13.8 Å². The molecule has 4 bridgehead atoms. The van der Waals surface area contributed by atoms with Crippen molar-refractivity contribution in [1.82, 2.24) is 0 Å². The Kier molecular flexibility index (Phi) is 2.97. The maximum Gasteiger partial charge on any atom is 0.187 e. The first-order chi connectivity index (χ1) is 9.61. The fourth-order valence-corrected chi connectivity index (χ4v) is 5.71. The van der Waals surface area contributed by atoms with Gasteiger partial charge in [-0.2, -0.15) is 0 Å². The molecule has 1 heterocycles. The normalized spacial score (nSPS) is 56.2. The summed E-state index contributed by atoms with van der Waals surface area (Å²) in [4.78, 5) is 0. The van der Waals surface area contributed by atoms with Gasteiger partial charge in [0, 0.05) is 13.2 Å². The maximum atomic E-state index is 14.8.